The van der Waals surface area contributed by atoms with Crippen LogP contribution in [0, 0.1) is 6.92 Å². The maximum absolute atomic E-state index is 12.9. The summed E-state index contributed by atoms with van der Waals surface area (Å²) >= 11 is 1.52. The van der Waals surface area contributed by atoms with Crippen molar-refractivity contribution < 1.29 is 22.8 Å². The van der Waals surface area contributed by atoms with Gasteiger partial charge in [-0.3, -0.25) is 9.48 Å². The normalized spacial score (nSPS) is 18.3. The van der Waals surface area contributed by atoms with Crippen molar-refractivity contribution in [3.05, 3.63) is 75.5 Å². The number of benzene rings is 1. The lowest BCUT2D eigenvalue weighted by Gasteiger charge is -2.26. The highest BCUT2D eigenvalue weighted by Gasteiger charge is 2.35. The fraction of sp³-hybridized carbons (Fsp3) is 0.333. The summed E-state index contributed by atoms with van der Waals surface area (Å²) < 4.78 is 39.7. The van der Waals surface area contributed by atoms with Gasteiger partial charge in [-0.15, -0.1) is 11.3 Å². The molecule has 0 radical (unpaired) electrons. The van der Waals surface area contributed by atoms with Crippen LogP contribution in [-0.4, -0.2) is 44.4 Å². The molecule has 182 valence electrons. The van der Waals surface area contributed by atoms with Crippen LogP contribution in [0.1, 0.15) is 46.6 Å². The van der Waals surface area contributed by atoms with Crippen molar-refractivity contribution in [2.24, 2.45) is 5.16 Å². The number of amides is 1. The van der Waals surface area contributed by atoms with E-state index < -0.39 is 11.9 Å². The number of aromatic nitrogens is 3. The van der Waals surface area contributed by atoms with Gasteiger partial charge in [0, 0.05) is 30.6 Å². The molecule has 1 atom stereocenters. The monoisotopic (exact) mass is 501 g/mol. The third-order valence-electron chi connectivity index (χ3n) is 6.03. The fourth-order valence-corrected chi connectivity index (χ4v) is 4.96. The molecule has 0 aliphatic carbocycles. The molecule has 4 heterocycles. The minimum Gasteiger partial charge on any atom is -0.387 e. The molecule has 0 spiro atoms. The number of alkyl halides is 3. The molecule has 0 bridgehead atoms. The molecule has 0 saturated carbocycles. The second-order valence-corrected chi connectivity index (χ2v) is 9.29. The smallest absolute Gasteiger partial charge is 0.387 e. The molecule has 3 aromatic rings. The number of nitrogens with zero attached hydrogens (tertiary/aromatic N) is 5. The molecule has 0 N–H and O–H groups in total. The number of carbonyl (C=O) groups is 1. The van der Waals surface area contributed by atoms with E-state index in [-0.39, 0.29) is 18.6 Å². The maximum atomic E-state index is 12.9. The Labute approximate surface area is 203 Å². The number of hydrogen-bond acceptors (Lipinski definition) is 6. The molecule has 0 saturated heterocycles. The topological polar surface area (TPSA) is 72.6 Å². The highest BCUT2D eigenvalue weighted by Crippen LogP contribution is 2.32. The zero-order chi connectivity index (χ0) is 24.6. The summed E-state index contributed by atoms with van der Waals surface area (Å²) in [6, 6.07) is 10.9. The lowest BCUT2D eigenvalue weighted by Crippen LogP contribution is -2.37. The largest absolute Gasteiger partial charge is 0.435 e. The van der Waals surface area contributed by atoms with Gasteiger partial charge in [0.05, 0.1) is 5.69 Å². The highest BCUT2D eigenvalue weighted by molar-refractivity contribution is 7.11. The highest BCUT2D eigenvalue weighted by atomic mass is 32.1. The Kier molecular flexibility index (Phi) is 6.18. The molecule has 0 fully saturated rings. The second-order valence-electron chi connectivity index (χ2n) is 8.43. The van der Waals surface area contributed by atoms with Crippen LogP contribution in [0.3, 0.4) is 0 Å². The van der Waals surface area contributed by atoms with Crippen LogP contribution < -0.4 is 0 Å². The predicted molar refractivity (Wildman–Crippen MR) is 125 cm³/mol. The van der Waals surface area contributed by atoms with E-state index in [1.165, 1.54) is 18.3 Å². The van der Waals surface area contributed by atoms with E-state index in [1.807, 2.05) is 41.8 Å². The average Bonchev–Trinajstić information content (AvgIpc) is 3.60. The van der Waals surface area contributed by atoms with Crippen molar-refractivity contribution in [1.82, 2.24) is 19.7 Å². The molecular formula is C24H22F3N5O2S. The molecular weight excluding hydrogens is 479 g/mol. The minimum atomic E-state index is -4.53. The molecule has 2 aromatic heterocycles. The summed E-state index contributed by atoms with van der Waals surface area (Å²) in [5.74, 6) is -0.274. The SMILES string of the molecule is Cc1cc(C(F)(F)F)nn1CC(=O)N1CC=C(c2nc(C3=NOC(c4ccccc4)C3)cs2)CC1. The Morgan fingerprint density at radius 3 is 2.74 bits per heavy atom. The van der Waals surface area contributed by atoms with E-state index in [4.69, 9.17) is 9.82 Å². The number of halogens is 3. The summed E-state index contributed by atoms with van der Waals surface area (Å²) in [5, 5.41) is 10.6. The molecule has 35 heavy (non-hydrogen) atoms. The Hall–Kier alpha value is -3.47. The van der Waals surface area contributed by atoms with Gasteiger partial charge in [0.2, 0.25) is 5.91 Å². The van der Waals surface area contributed by atoms with Gasteiger partial charge in [-0.25, -0.2) is 4.98 Å². The van der Waals surface area contributed by atoms with Gasteiger partial charge in [-0.2, -0.15) is 18.3 Å². The van der Waals surface area contributed by atoms with Crippen molar-refractivity contribution >= 4 is 28.5 Å². The van der Waals surface area contributed by atoms with Gasteiger partial charge in [0.15, 0.2) is 11.8 Å². The van der Waals surface area contributed by atoms with Gasteiger partial charge in [0.25, 0.3) is 0 Å². The van der Waals surface area contributed by atoms with Crippen LogP contribution in [0.15, 0.2) is 53.0 Å². The van der Waals surface area contributed by atoms with E-state index in [0.29, 0.717) is 31.6 Å². The van der Waals surface area contributed by atoms with Crippen LogP contribution in [0.5, 0.6) is 0 Å². The van der Waals surface area contributed by atoms with Crippen LogP contribution in [0.2, 0.25) is 0 Å². The van der Waals surface area contributed by atoms with Crippen LogP contribution in [-0.2, 0) is 22.4 Å². The zero-order valence-electron chi connectivity index (χ0n) is 18.8. The lowest BCUT2D eigenvalue weighted by molar-refractivity contribution is -0.142. The summed E-state index contributed by atoms with van der Waals surface area (Å²) in [5.41, 5.74) is 3.01. The predicted octanol–water partition coefficient (Wildman–Crippen LogP) is 4.85. The lowest BCUT2D eigenvalue weighted by atomic mass is 10.0. The Balaban J connectivity index is 1.19. The van der Waals surface area contributed by atoms with Crippen molar-refractivity contribution in [1.29, 1.82) is 0 Å². The van der Waals surface area contributed by atoms with Crippen LogP contribution in [0.25, 0.3) is 5.57 Å². The van der Waals surface area contributed by atoms with Gasteiger partial charge in [-0.05, 0) is 30.5 Å². The summed E-state index contributed by atoms with van der Waals surface area (Å²) in [7, 11) is 0. The van der Waals surface area contributed by atoms with Gasteiger partial charge < -0.3 is 9.74 Å². The number of hydrogen-bond donors (Lipinski definition) is 0. The summed E-state index contributed by atoms with van der Waals surface area (Å²) in [6.07, 6.45) is -1.44. The Morgan fingerprint density at radius 2 is 2.06 bits per heavy atom. The molecule has 11 heteroatoms. The molecule has 2 aliphatic heterocycles. The van der Waals surface area contributed by atoms with E-state index in [0.717, 1.165) is 38.3 Å². The molecule has 1 unspecified atom stereocenters. The average molecular weight is 502 g/mol. The first-order valence-electron chi connectivity index (χ1n) is 11.1. The van der Waals surface area contributed by atoms with Crippen molar-refractivity contribution in [3.8, 4) is 0 Å². The standard InChI is InChI=1S/C24H22F3N5O2S/c1-15-11-21(24(25,26)27)29-32(15)13-22(33)31-9-7-17(8-10-31)23-28-19(14-35-23)18-12-20(34-30-18)16-5-3-2-4-6-16/h2-7,11,14,20H,8-10,12-13H2,1H3. The number of oxime groups is 1. The molecule has 7 nitrogen and oxygen atoms in total. The van der Waals surface area contributed by atoms with Crippen molar-refractivity contribution in [3.63, 3.8) is 0 Å². The first kappa shape index (κ1) is 23.3. The second kappa shape index (κ2) is 9.29. The first-order chi connectivity index (χ1) is 16.8. The fourth-order valence-electron chi connectivity index (χ4n) is 4.06. The molecule has 1 amide bonds. The number of rotatable bonds is 5. The van der Waals surface area contributed by atoms with E-state index in [1.54, 1.807) is 4.90 Å². The minimum absolute atomic E-state index is 0.115. The van der Waals surface area contributed by atoms with Gasteiger partial charge in [0.1, 0.15) is 17.3 Å². The molecule has 5 rings (SSSR count). The van der Waals surface area contributed by atoms with Crippen LogP contribution in [0.4, 0.5) is 13.2 Å². The number of carbonyl (C=O) groups excluding carboxylic acids is 1. The Morgan fingerprint density at radius 1 is 1.26 bits per heavy atom. The molecule has 2 aliphatic rings. The third kappa shape index (κ3) is 5.00. The van der Waals surface area contributed by atoms with E-state index >= 15 is 0 Å². The van der Waals surface area contributed by atoms with Gasteiger partial charge >= 0.3 is 6.18 Å². The third-order valence-corrected chi connectivity index (χ3v) is 6.95. The number of thiazole rings is 1. The Bertz CT molecular complexity index is 1300. The first-order valence-corrected chi connectivity index (χ1v) is 12.0. The van der Waals surface area contributed by atoms with Crippen molar-refractivity contribution in [2.75, 3.05) is 13.1 Å². The quantitative estimate of drug-likeness (QED) is 0.501. The summed E-state index contributed by atoms with van der Waals surface area (Å²) in [6.45, 7) is 2.11. The summed E-state index contributed by atoms with van der Waals surface area (Å²) in [4.78, 5) is 24.6. The molecule has 1 aromatic carbocycles. The van der Waals surface area contributed by atoms with Crippen molar-refractivity contribution in [2.45, 2.75) is 38.6 Å². The van der Waals surface area contributed by atoms with Crippen LogP contribution >= 0.6 is 11.3 Å². The zero-order valence-corrected chi connectivity index (χ0v) is 19.6. The van der Waals surface area contributed by atoms with E-state index in [9.17, 15) is 18.0 Å². The maximum Gasteiger partial charge on any atom is 0.435 e. The van der Waals surface area contributed by atoms with Gasteiger partial charge in [-0.1, -0.05) is 41.6 Å². The number of aryl methyl sites for hydroxylation is 1. The van der Waals surface area contributed by atoms with E-state index in [2.05, 4.69) is 10.3 Å².